The lowest BCUT2D eigenvalue weighted by Crippen LogP contribution is -2.25. The Labute approximate surface area is 170 Å². The summed E-state index contributed by atoms with van der Waals surface area (Å²) in [5.41, 5.74) is 0.349. The number of aryl methyl sites for hydroxylation is 1. The zero-order valence-corrected chi connectivity index (χ0v) is 16.6. The minimum Gasteiger partial charge on any atom is -0.200 e. The van der Waals surface area contributed by atoms with Crippen LogP contribution >= 0.6 is 11.8 Å². The molecule has 1 N–H and O–H groups in total. The fraction of sp³-hybridized carbons (Fsp3) is 0.211. The van der Waals surface area contributed by atoms with Gasteiger partial charge in [-0.1, -0.05) is 24.3 Å². The van der Waals surface area contributed by atoms with E-state index >= 15 is 0 Å². The molecule has 0 fully saturated rings. The molecule has 2 aromatic carbocycles. The van der Waals surface area contributed by atoms with E-state index in [2.05, 4.69) is 9.93 Å². The molecular weight excluding hydrogens is 423 g/mol. The van der Waals surface area contributed by atoms with Gasteiger partial charge < -0.3 is 0 Å². The van der Waals surface area contributed by atoms with Crippen molar-refractivity contribution in [2.75, 3.05) is 10.6 Å². The van der Waals surface area contributed by atoms with E-state index in [0.29, 0.717) is 10.4 Å². The fourth-order valence-corrected chi connectivity index (χ4v) is 5.09. The van der Waals surface area contributed by atoms with E-state index in [-0.39, 0.29) is 10.6 Å². The summed E-state index contributed by atoms with van der Waals surface area (Å²) < 4.78 is 65.0. The second-order valence-corrected chi connectivity index (χ2v) is 9.30. The van der Waals surface area contributed by atoms with Crippen LogP contribution in [0.5, 0.6) is 0 Å². The van der Waals surface area contributed by atoms with Crippen LogP contribution in [-0.2, 0) is 22.6 Å². The third-order valence-electron chi connectivity index (χ3n) is 4.46. The maximum Gasteiger partial charge on any atom is 0.435 e. The summed E-state index contributed by atoms with van der Waals surface area (Å²) in [5, 5.41) is 3.48. The first-order valence-electron chi connectivity index (χ1n) is 8.75. The van der Waals surface area contributed by atoms with Crippen LogP contribution in [0.4, 0.5) is 13.2 Å². The van der Waals surface area contributed by atoms with Gasteiger partial charge >= 0.3 is 6.18 Å². The molecule has 0 unspecified atom stereocenters. The molecule has 3 aromatic rings. The fourth-order valence-electron chi connectivity index (χ4n) is 3.08. The first kappa shape index (κ1) is 19.8. The minimum absolute atomic E-state index is 0.0233. The Morgan fingerprint density at radius 3 is 2.55 bits per heavy atom. The van der Waals surface area contributed by atoms with Gasteiger partial charge in [0, 0.05) is 10.5 Å². The number of fused-ring (bicyclic) bond motifs is 1. The number of thioether (sulfide) groups is 1. The molecule has 0 atom stereocenters. The molecule has 0 saturated heterocycles. The quantitative estimate of drug-likeness (QED) is 0.648. The van der Waals surface area contributed by atoms with Gasteiger partial charge in [-0.3, -0.25) is 0 Å². The van der Waals surface area contributed by atoms with Crippen molar-refractivity contribution in [2.24, 2.45) is 0 Å². The molecule has 1 aliphatic heterocycles. The van der Waals surface area contributed by atoms with Crippen LogP contribution in [0.2, 0.25) is 0 Å². The summed E-state index contributed by atoms with van der Waals surface area (Å²) in [4.78, 5) is 3.85. The van der Waals surface area contributed by atoms with Crippen LogP contribution in [0, 0.1) is 0 Å². The van der Waals surface area contributed by atoms with E-state index in [0.717, 1.165) is 35.1 Å². The highest BCUT2D eigenvalue weighted by Crippen LogP contribution is 2.35. The smallest absolute Gasteiger partial charge is 0.200 e. The van der Waals surface area contributed by atoms with Crippen LogP contribution in [0.3, 0.4) is 0 Å². The van der Waals surface area contributed by atoms with Crippen LogP contribution in [0.1, 0.15) is 17.7 Å². The van der Waals surface area contributed by atoms with Gasteiger partial charge in [-0.25, -0.2) is 0 Å². The molecule has 10 heteroatoms. The Morgan fingerprint density at radius 1 is 1.07 bits per heavy atom. The molecule has 0 bridgehead atoms. The lowest BCUT2D eigenvalue weighted by molar-refractivity contribution is -0.141. The van der Waals surface area contributed by atoms with Gasteiger partial charge in [0.25, 0.3) is 10.0 Å². The lowest BCUT2D eigenvalue weighted by atomic mass is 10.0. The van der Waals surface area contributed by atoms with Gasteiger partial charge in [0.2, 0.25) is 0 Å². The predicted octanol–water partition coefficient (Wildman–Crippen LogP) is 4.54. The van der Waals surface area contributed by atoms with Crippen LogP contribution in [0.15, 0.2) is 64.4 Å². The maximum atomic E-state index is 13.3. The van der Waals surface area contributed by atoms with Crippen molar-refractivity contribution in [1.29, 1.82) is 0 Å². The standard InChI is InChI=1S/C19H16F3N3O2S2/c20-19(21,22)18-12-16(13-8-9-17-14(11-13)5-4-10-28-17)25(23-18)24-29(26,27)15-6-2-1-3-7-15/h1-3,6-9,11-12,24H,4-5,10H2. The SMILES string of the molecule is O=S(=O)(Nn1nc(C(F)(F)F)cc1-c1ccc2c(c1)CCCS2)c1ccccc1. The van der Waals surface area contributed by atoms with Crippen molar-refractivity contribution in [1.82, 2.24) is 9.89 Å². The number of nitrogens with zero attached hydrogens (tertiary/aromatic N) is 2. The molecule has 0 saturated carbocycles. The Balaban J connectivity index is 1.79. The molecular formula is C19H16F3N3O2S2. The first-order chi connectivity index (χ1) is 13.7. The maximum absolute atomic E-state index is 13.3. The molecule has 0 spiro atoms. The average Bonchev–Trinajstić information content (AvgIpc) is 3.12. The zero-order valence-electron chi connectivity index (χ0n) is 15.0. The molecule has 2 heterocycles. The van der Waals surface area contributed by atoms with E-state index in [1.165, 1.54) is 24.3 Å². The topological polar surface area (TPSA) is 64.0 Å². The summed E-state index contributed by atoms with van der Waals surface area (Å²) in [7, 11) is -4.11. The highest BCUT2D eigenvalue weighted by molar-refractivity contribution is 7.99. The number of benzene rings is 2. The van der Waals surface area contributed by atoms with Crippen molar-refractivity contribution < 1.29 is 21.6 Å². The summed E-state index contributed by atoms with van der Waals surface area (Å²) >= 11 is 1.70. The second-order valence-electron chi connectivity index (χ2n) is 6.51. The Hall–Kier alpha value is -2.46. The van der Waals surface area contributed by atoms with Crippen molar-refractivity contribution in [3.63, 3.8) is 0 Å². The number of rotatable bonds is 4. The molecule has 4 rings (SSSR count). The van der Waals surface area contributed by atoms with Gasteiger partial charge in [0.05, 0.1) is 10.6 Å². The highest BCUT2D eigenvalue weighted by atomic mass is 32.2. The minimum atomic E-state index is -4.71. The Bertz CT molecular complexity index is 1140. The normalized spacial score (nSPS) is 14.4. The van der Waals surface area contributed by atoms with E-state index in [9.17, 15) is 21.6 Å². The molecule has 0 aliphatic carbocycles. The molecule has 29 heavy (non-hydrogen) atoms. The van der Waals surface area contributed by atoms with Gasteiger partial charge in [-0.05, 0) is 54.5 Å². The number of hydrogen-bond acceptors (Lipinski definition) is 4. The molecule has 152 valence electrons. The van der Waals surface area contributed by atoms with Crippen molar-refractivity contribution in [3.05, 3.63) is 65.9 Å². The average molecular weight is 439 g/mol. The number of alkyl halides is 3. The van der Waals surface area contributed by atoms with Crippen molar-refractivity contribution >= 4 is 21.8 Å². The summed E-state index contributed by atoms with van der Waals surface area (Å²) in [6.45, 7) is 0. The lowest BCUT2D eigenvalue weighted by Gasteiger charge is -2.17. The first-order valence-corrected chi connectivity index (χ1v) is 11.2. The molecule has 5 nitrogen and oxygen atoms in total. The number of aromatic nitrogens is 2. The Morgan fingerprint density at radius 2 is 1.83 bits per heavy atom. The third-order valence-corrected chi connectivity index (χ3v) is 6.97. The van der Waals surface area contributed by atoms with Gasteiger partial charge in [-0.2, -0.15) is 31.2 Å². The summed E-state index contributed by atoms with van der Waals surface area (Å²) in [5.74, 6) is 0.999. The summed E-state index contributed by atoms with van der Waals surface area (Å²) in [6, 6.07) is 13.6. The van der Waals surface area contributed by atoms with Crippen LogP contribution in [-0.4, -0.2) is 24.1 Å². The van der Waals surface area contributed by atoms with Crippen LogP contribution < -0.4 is 4.83 Å². The number of sulfonamides is 1. The number of hydrogen-bond donors (Lipinski definition) is 1. The predicted molar refractivity (Wildman–Crippen MR) is 105 cm³/mol. The monoisotopic (exact) mass is 439 g/mol. The molecule has 1 aromatic heterocycles. The number of halogens is 3. The third kappa shape index (κ3) is 4.13. The zero-order chi connectivity index (χ0) is 20.6. The van der Waals surface area contributed by atoms with Crippen LogP contribution in [0.25, 0.3) is 11.3 Å². The number of nitrogens with one attached hydrogen (secondary N) is 1. The summed E-state index contributed by atoms with van der Waals surface area (Å²) in [6.07, 6.45) is -2.90. The highest BCUT2D eigenvalue weighted by Gasteiger charge is 2.36. The largest absolute Gasteiger partial charge is 0.435 e. The van der Waals surface area contributed by atoms with E-state index in [1.807, 2.05) is 6.07 Å². The molecule has 0 radical (unpaired) electrons. The van der Waals surface area contributed by atoms with Crippen molar-refractivity contribution in [2.45, 2.75) is 28.8 Å². The molecule has 1 aliphatic rings. The van der Waals surface area contributed by atoms with E-state index < -0.39 is 21.9 Å². The van der Waals surface area contributed by atoms with Gasteiger partial charge in [-0.15, -0.1) is 16.9 Å². The van der Waals surface area contributed by atoms with Gasteiger partial charge in [0.1, 0.15) is 0 Å². The van der Waals surface area contributed by atoms with Crippen molar-refractivity contribution in [3.8, 4) is 11.3 Å². The van der Waals surface area contributed by atoms with Gasteiger partial charge in [0.15, 0.2) is 5.69 Å². The Kier molecular flexibility index (Phi) is 5.07. The van der Waals surface area contributed by atoms with E-state index in [4.69, 9.17) is 0 Å². The molecule has 0 amide bonds. The second kappa shape index (κ2) is 7.42. The van der Waals surface area contributed by atoms with E-state index in [1.54, 1.807) is 30.0 Å².